The minimum absolute atomic E-state index is 0. The van der Waals surface area contributed by atoms with Crippen LogP contribution in [0.25, 0.3) is 10.4 Å². The number of halogens is 1. The zero-order valence-corrected chi connectivity index (χ0v) is 30.8. The van der Waals surface area contributed by atoms with E-state index < -0.39 is 0 Å². The van der Waals surface area contributed by atoms with Crippen molar-refractivity contribution < 1.29 is 19.1 Å². The van der Waals surface area contributed by atoms with Crippen LogP contribution in [0, 0.1) is 0 Å². The van der Waals surface area contributed by atoms with Crippen LogP contribution >= 0.6 is 23.7 Å². The number of Topliss-reactive ketones (excluding diaryl/α,β-unsaturated/α-hetero) is 1. The SMILES string of the molecule is CCCC(CCC)c1ccc(OCc2ccc(-c3ccc(CN(CC(=O)OCC)CC(=O)c4ccc(N5CCCC5)cc4)s3)cc2)cc1.Cl. The van der Waals surface area contributed by atoms with Crippen molar-refractivity contribution in [1.82, 2.24) is 4.90 Å². The summed E-state index contributed by atoms with van der Waals surface area (Å²) in [5.41, 5.74) is 5.47. The van der Waals surface area contributed by atoms with Gasteiger partial charge in [-0.05, 0) is 104 Å². The molecule has 0 bridgehead atoms. The smallest absolute Gasteiger partial charge is 0.320 e. The number of hydrogen-bond acceptors (Lipinski definition) is 7. The highest BCUT2D eigenvalue weighted by atomic mass is 35.5. The number of esters is 1. The predicted molar refractivity (Wildman–Crippen MR) is 204 cm³/mol. The molecule has 49 heavy (non-hydrogen) atoms. The van der Waals surface area contributed by atoms with Crippen molar-refractivity contribution in [3.63, 3.8) is 0 Å². The fourth-order valence-electron chi connectivity index (χ4n) is 6.47. The Hall–Kier alpha value is -3.65. The molecule has 0 saturated carbocycles. The van der Waals surface area contributed by atoms with E-state index in [0.717, 1.165) is 45.4 Å². The lowest BCUT2D eigenvalue weighted by molar-refractivity contribution is -0.144. The second-order valence-corrected chi connectivity index (χ2v) is 13.9. The van der Waals surface area contributed by atoms with Crippen LogP contribution in [0.1, 0.15) is 91.6 Å². The van der Waals surface area contributed by atoms with Crippen molar-refractivity contribution in [2.24, 2.45) is 0 Å². The van der Waals surface area contributed by atoms with E-state index >= 15 is 0 Å². The second kappa shape index (κ2) is 19.5. The van der Waals surface area contributed by atoms with E-state index in [9.17, 15) is 9.59 Å². The summed E-state index contributed by atoms with van der Waals surface area (Å²) in [6.07, 6.45) is 7.28. The number of nitrogens with zero attached hydrogens (tertiary/aromatic N) is 2. The summed E-state index contributed by atoms with van der Waals surface area (Å²) in [5.74, 6) is 1.19. The van der Waals surface area contributed by atoms with Crippen LogP contribution in [-0.2, 0) is 22.7 Å². The summed E-state index contributed by atoms with van der Waals surface area (Å²) >= 11 is 1.68. The molecule has 0 spiro atoms. The first kappa shape index (κ1) is 38.2. The van der Waals surface area contributed by atoms with Gasteiger partial charge in [-0.15, -0.1) is 23.7 Å². The summed E-state index contributed by atoms with van der Waals surface area (Å²) in [4.78, 5) is 32.2. The first-order valence-electron chi connectivity index (χ1n) is 17.6. The van der Waals surface area contributed by atoms with Crippen LogP contribution in [0.5, 0.6) is 5.75 Å². The lowest BCUT2D eigenvalue weighted by Crippen LogP contribution is -2.34. The number of ketones is 1. The molecular formula is C41H51ClN2O4S. The van der Waals surface area contributed by atoms with Gasteiger partial charge in [-0.25, -0.2) is 0 Å². The normalized spacial score (nSPS) is 12.7. The van der Waals surface area contributed by atoms with Gasteiger partial charge in [-0.3, -0.25) is 14.5 Å². The number of ether oxygens (including phenoxy) is 2. The predicted octanol–water partition coefficient (Wildman–Crippen LogP) is 9.95. The van der Waals surface area contributed by atoms with Gasteiger partial charge >= 0.3 is 5.97 Å². The van der Waals surface area contributed by atoms with Crippen LogP contribution in [0.3, 0.4) is 0 Å². The van der Waals surface area contributed by atoms with Crippen LogP contribution in [0.4, 0.5) is 5.69 Å². The number of rotatable bonds is 18. The summed E-state index contributed by atoms with van der Waals surface area (Å²) in [6, 6.07) is 29.2. The molecular weight excluding hydrogens is 652 g/mol. The van der Waals surface area contributed by atoms with Crippen molar-refractivity contribution >= 4 is 41.2 Å². The maximum atomic E-state index is 13.3. The van der Waals surface area contributed by atoms with Crippen molar-refractivity contribution in [2.75, 3.05) is 37.7 Å². The summed E-state index contributed by atoms with van der Waals surface area (Å²) in [6.45, 7) is 9.96. The van der Waals surface area contributed by atoms with E-state index in [1.807, 2.05) is 29.2 Å². The fraction of sp³-hybridized carbons (Fsp3) is 0.415. The van der Waals surface area contributed by atoms with Crippen molar-refractivity contribution in [1.29, 1.82) is 0 Å². The first-order valence-corrected chi connectivity index (χ1v) is 18.4. The molecule has 0 atom stereocenters. The maximum Gasteiger partial charge on any atom is 0.320 e. The monoisotopic (exact) mass is 702 g/mol. The van der Waals surface area contributed by atoms with Crippen LogP contribution in [-0.4, -0.2) is 49.4 Å². The van der Waals surface area contributed by atoms with Gasteiger partial charge in [-0.2, -0.15) is 0 Å². The van der Waals surface area contributed by atoms with E-state index in [1.54, 1.807) is 18.3 Å². The van der Waals surface area contributed by atoms with Gasteiger partial charge in [0, 0.05) is 40.6 Å². The van der Waals surface area contributed by atoms with Crippen LogP contribution < -0.4 is 9.64 Å². The second-order valence-electron chi connectivity index (χ2n) is 12.7. The molecule has 1 aromatic heterocycles. The van der Waals surface area contributed by atoms with Gasteiger partial charge < -0.3 is 14.4 Å². The third kappa shape index (κ3) is 11.2. The largest absolute Gasteiger partial charge is 0.489 e. The number of hydrogen-bond donors (Lipinski definition) is 0. The highest BCUT2D eigenvalue weighted by molar-refractivity contribution is 7.15. The minimum Gasteiger partial charge on any atom is -0.489 e. The van der Waals surface area contributed by atoms with Crippen molar-refractivity contribution in [2.45, 2.75) is 78.4 Å². The zero-order valence-electron chi connectivity index (χ0n) is 29.2. The molecule has 0 N–H and O–H groups in total. The van der Waals surface area contributed by atoms with E-state index in [4.69, 9.17) is 9.47 Å². The van der Waals surface area contributed by atoms with Gasteiger partial charge in [0.25, 0.3) is 0 Å². The molecule has 1 aliphatic rings. The molecule has 0 amide bonds. The highest BCUT2D eigenvalue weighted by Crippen LogP contribution is 2.31. The van der Waals surface area contributed by atoms with Crippen LogP contribution in [0.15, 0.2) is 84.9 Å². The third-order valence-electron chi connectivity index (χ3n) is 9.00. The molecule has 4 aromatic rings. The number of carbonyl (C=O) groups is 2. The zero-order chi connectivity index (χ0) is 33.7. The minimum atomic E-state index is -0.322. The summed E-state index contributed by atoms with van der Waals surface area (Å²) in [5, 5.41) is 0. The Kier molecular flexibility index (Phi) is 15.2. The van der Waals surface area contributed by atoms with Gasteiger partial charge in [0.15, 0.2) is 5.78 Å². The molecule has 6 nitrogen and oxygen atoms in total. The average Bonchev–Trinajstić information content (AvgIpc) is 3.81. The molecule has 8 heteroatoms. The Labute approximate surface area is 302 Å². The van der Waals surface area contributed by atoms with E-state index in [1.165, 1.54) is 44.1 Å². The first-order chi connectivity index (χ1) is 23.4. The van der Waals surface area contributed by atoms with Gasteiger partial charge in [0.05, 0.1) is 19.7 Å². The highest BCUT2D eigenvalue weighted by Gasteiger charge is 2.19. The molecule has 1 fully saturated rings. The average molecular weight is 703 g/mol. The maximum absolute atomic E-state index is 13.3. The lowest BCUT2D eigenvalue weighted by Gasteiger charge is -2.20. The molecule has 0 aliphatic carbocycles. The lowest BCUT2D eigenvalue weighted by atomic mass is 9.90. The molecule has 1 aliphatic heterocycles. The molecule has 0 radical (unpaired) electrons. The molecule has 262 valence electrons. The Balaban J connectivity index is 0.00000541. The van der Waals surface area contributed by atoms with Gasteiger partial charge in [0.2, 0.25) is 0 Å². The standard InChI is InChI=1S/C41H50N2O4S.ClH/c1-4-9-32(10-5-2)33-17-21-37(22-18-33)47-30-31-11-13-35(14-12-31)40-24-23-38(48-40)27-42(29-41(45)46-6-3)28-39(44)34-15-19-36(20-16-34)43-25-7-8-26-43;/h11-24,32H,4-10,25-30H2,1-3H3;1H. The Morgan fingerprint density at radius 2 is 1.49 bits per heavy atom. The number of anilines is 1. The molecule has 2 heterocycles. The van der Waals surface area contributed by atoms with Crippen molar-refractivity contribution in [3.8, 4) is 16.2 Å². The molecule has 1 saturated heterocycles. The quantitative estimate of drug-likeness (QED) is 0.0760. The summed E-state index contributed by atoms with van der Waals surface area (Å²) in [7, 11) is 0. The van der Waals surface area contributed by atoms with E-state index in [-0.39, 0.29) is 37.2 Å². The van der Waals surface area contributed by atoms with E-state index in [2.05, 4.69) is 79.4 Å². The third-order valence-corrected chi connectivity index (χ3v) is 10.1. The van der Waals surface area contributed by atoms with Gasteiger partial charge in [0.1, 0.15) is 12.4 Å². The molecule has 0 unspecified atom stereocenters. The van der Waals surface area contributed by atoms with E-state index in [0.29, 0.717) is 31.2 Å². The number of benzene rings is 3. The topological polar surface area (TPSA) is 59.1 Å². The summed E-state index contributed by atoms with van der Waals surface area (Å²) < 4.78 is 11.3. The van der Waals surface area contributed by atoms with Crippen molar-refractivity contribution in [3.05, 3.63) is 106 Å². The van der Waals surface area contributed by atoms with Crippen LogP contribution in [0.2, 0.25) is 0 Å². The fourth-order valence-corrected chi connectivity index (χ4v) is 7.52. The number of carbonyl (C=O) groups excluding carboxylic acids is 2. The Morgan fingerprint density at radius 1 is 0.816 bits per heavy atom. The Morgan fingerprint density at radius 3 is 2.12 bits per heavy atom. The Bertz CT molecular complexity index is 1580. The molecule has 3 aromatic carbocycles. The number of thiophene rings is 1. The van der Waals surface area contributed by atoms with Gasteiger partial charge in [-0.1, -0.05) is 63.1 Å². The molecule has 5 rings (SSSR count).